The highest BCUT2D eigenvalue weighted by atomic mass is 15.2. The van der Waals surface area contributed by atoms with Gasteiger partial charge in [-0.2, -0.15) is 9.97 Å². The average Bonchev–Trinajstić information content (AvgIpc) is 2.76. The summed E-state index contributed by atoms with van der Waals surface area (Å²) in [6.45, 7) is 3.94. The second-order valence-electron chi connectivity index (χ2n) is 4.94. The van der Waals surface area contributed by atoms with Crippen LogP contribution in [-0.2, 0) is 7.05 Å². The summed E-state index contributed by atoms with van der Waals surface area (Å²) in [5.74, 6) is 1.71. The Kier molecular flexibility index (Phi) is 3.17. The standard InChI is InChI=1S/C14H17N7/c1-8(10-6-4-5-7-16-10)17-12-11-13(20-14(15)19-12)21(3)9(2)18-11/h4-8H,1-3H3,(H3,15,17,19,20). The van der Waals surface area contributed by atoms with Crippen molar-refractivity contribution >= 4 is 22.9 Å². The van der Waals surface area contributed by atoms with Crippen LogP contribution in [-0.4, -0.2) is 24.5 Å². The predicted octanol–water partition coefficient (Wildman–Crippen LogP) is 1.82. The lowest BCUT2D eigenvalue weighted by Crippen LogP contribution is -2.11. The average molecular weight is 283 g/mol. The highest BCUT2D eigenvalue weighted by Crippen LogP contribution is 2.24. The van der Waals surface area contributed by atoms with Gasteiger partial charge in [0, 0.05) is 13.2 Å². The maximum atomic E-state index is 5.80. The van der Waals surface area contributed by atoms with Crippen molar-refractivity contribution in [3.05, 3.63) is 35.9 Å². The minimum absolute atomic E-state index is 0.00832. The van der Waals surface area contributed by atoms with E-state index in [0.29, 0.717) is 11.3 Å². The van der Waals surface area contributed by atoms with E-state index in [4.69, 9.17) is 5.73 Å². The van der Waals surface area contributed by atoms with E-state index in [1.54, 1.807) is 6.20 Å². The molecule has 0 aliphatic rings. The molecule has 3 heterocycles. The third kappa shape index (κ3) is 2.37. The van der Waals surface area contributed by atoms with Gasteiger partial charge in [0.05, 0.1) is 11.7 Å². The number of fused-ring (bicyclic) bond motifs is 1. The Morgan fingerprint density at radius 3 is 2.76 bits per heavy atom. The summed E-state index contributed by atoms with van der Waals surface area (Å²) in [4.78, 5) is 17.4. The summed E-state index contributed by atoms with van der Waals surface area (Å²) < 4.78 is 1.89. The number of anilines is 2. The van der Waals surface area contributed by atoms with E-state index in [0.717, 1.165) is 17.2 Å². The van der Waals surface area contributed by atoms with E-state index in [2.05, 4.69) is 25.3 Å². The zero-order valence-corrected chi connectivity index (χ0v) is 12.2. The van der Waals surface area contributed by atoms with Gasteiger partial charge in [-0.1, -0.05) is 6.07 Å². The van der Waals surface area contributed by atoms with Crippen LogP contribution in [0.1, 0.15) is 24.5 Å². The maximum Gasteiger partial charge on any atom is 0.224 e. The minimum Gasteiger partial charge on any atom is -0.368 e. The van der Waals surface area contributed by atoms with Gasteiger partial charge in [0.2, 0.25) is 5.95 Å². The zero-order valence-electron chi connectivity index (χ0n) is 12.2. The van der Waals surface area contributed by atoms with Crippen molar-refractivity contribution < 1.29 is 0 Å². The summed E-state index contributed by atoms with van der Waals surface area (Å²) in [6, 6.07) is 5.79. The molecule has 0 spiro atoms. The van der Waals surface area contributed by atoms with E-state index in [-0.39, 0.29) is 12.0 Å². The molecule has 21 heavy (non-hydrogen) atoms. The van der Waals surface area contributed by atoms with Crippen molar-refractivity contribution in [2.75, 3.05) is 11.1 Å². The second-order valence-corrected chi connectivity index (χ2v) is 4.94. The summed E-state index contributed by atoms with van der Waals surface area (Å²) in [5.41, 5.74) is 8.16. The monoisotopic (exact) mass is 283 g/mol. The molecule has 0 saturated heterocycles. The fourth-order valence-corrected chi connectivity index (χ4v) is 2.20. The molecule has 7 nitrogen and oxygen atoms in total. The third-order valence-corrected chi connectivity index (χ3v) is 3.44. The van der Waals surface area contributed by atoms with Crippen molar-refractivity contribution in [2.45, 2.75) is 19.9 Å². The van der Waals surface area contributed by atoms with Gasteiger partial charge in [-0.15, -0.1) is 0 Å². The third-order valence-electron chi connectivity index (χ3n) is 3.44. The normalized spacial score (nSPS) is 12.5. The van der Waals surface area contributed by atoms with Crippen LogP contribution in [0.3, 0.4) is 0 Å². The Bertz CT molecular complexity index is 779. The molecule has 3 aromatic heterocycles. The van der Waals surface area contributed by atoms with E-state index < -0.39 is 0 Å². The molecular formula is C14H17N7. The largest absolute Gasteiger partial charge is 0.368 e. The highest BCUT2D eigenvalue weighted by Gasteiger charge is 2.15. The van der Waals surface area contributed by atoms with E-state index >= 15 is 0 Å². The number of nitrogens with one attached hydrogen (secondary N) is 1. The second kappa shape index (κ2) is 5.01. The van der Waals surface area contributed by atoms with Crippen molar-refractivity contribution in [1.82, 2.24) is 24.5 Å². The Labute approximate surface area is 122 Å². The summed E-state index contributed by atoms with van der Waals surface area (Å²) in [6.07, 6.45) is 1.77. The molecule has 0 aromatic carbocycles. The molecule has 0 bridgehead atoms. The number of aryl methyl sites for hydroxylation is 2. The predicted molar refractivity (Wildman–Crippen MR) is 81.7 cm³/mol. The molecule has 1 atom stereocenters. The molecule has 0 fully saturated rings. The van der Waals surface area contributed by atoms with Gasteiger partial charge in [-0.25, -0.2) is 4.98 Å². The molecule has 1 unspecified atom stereocenters. The summed E-state index contributed by atoms with van der Waals surface area (Å²) in [5, 5.41) is 3.31. The van der Waals surface area contributed by atoms with E-state index in [1.165, 1.54) is 0 Å². The smallest absolute Gasteiger partial charge is 0.224 e. The van der Waals surface area contributed by atoms with E-state index in [1.807, 2.05) is 43.7 Å². The first-order chi connectivity index (χ1) is 10.1. The Hall–Kier alpha value is -2.70. The topological polar surface area (TPSA) is 94.5 Å². The number of rotatable bonds is 3. The van der Waals surface area contributed by atoms with Gasteiger partial charge >= 0.3 is 0 Å². The Morgan fingerprint density at radius 1 is 1.24 bits per heavy atom. The summed E-state index contributed by atoms with van der Waals surface area (Å²) in [7, 11) is 1.91. The molecule has 0 radical (unpaired) electrons. The molecule has 3 aromatic rings. The highest BCUT2D eigenvalue weighted by molar-refractivity contribution is 5.84. The Morgan fingerprint density at radius 2 is 2.05 bits per heavy atom. The molecule has 108 valence electrons. The lowest BCUT2D eigenvalue weighted by molar-refractivity contribution is 0.833. The molecule has 0 aliphatic heterocycles. The first-order valence-corrected chi connectivity index (χ1v) is 6.70. The molecule has 0 aliphatic carbocycles. The number of hydrogen-bond donors (Lipinski definition) is 2. The quantitative estimate of drug-likeness (QED) is 0.761. The van der Waals surface area contributed by atoms with Crippen LogP contribution in [0, 0.1) is 6.92 Å². The lowest BCUT2D eigenvalue weighted by atomic mass is 10.2. The molecule has 7 heteroatoms. The van der Waals surface area contributed by atoms with Gasteiger partial charge in [0.15, 0.2) is 17.0 Å². The van der Waals surface area contributed by atoms with Crippen LogP contribution in [0.25, 0.3) is 11.2 Å². The van der Waals surface area contributed by atoms with Crippen LogP contribution in [0.4, 0.5) is 11.8 Å². The van der Waals surface area contributed by atoms with Crippen LogP contribution in [0.15, 0.2) is 24.4 Å². The molecule has 0 amide bonds. The number of hydrogen-bond acceptors (Lipinski definition) is 6. The number of nitrogen functional groups attached to an aromatic ring is 1. The van der Waals surface area contributed by atoms with Crippen molar-refractivity contribution in [3.8, 4) is 0 Å². The van der Waals surface area contributed by atoms with Gasteiger partial charge < -0.3 is 15.6 Å². The van der Waals surface area contributed by atoms with Crippen LogP contribution in [0.2, 0.25) is 0 Å². The molecule has 3 rings (SSSR count). The SMILES string of the molecule is Cc1nc2c(NC(C)c3ccccn3)nc(N)nc2n1C. The van der Waals surface area contributed by atoms with Crippen LogP contribution >= 0.6 is 0 Å². The van der Waals surface area contributed by atoms with Gasteiger partial charge in [-0.05, 0) is 26.0 Å². The molecule has 0 saturated carbocycles. The van der Waals surface area contributed by atoms with Crippen molar-refractivity contribution in [1.29, 1.82) is 0 Å². The lowest BCUT2D eigenvalue weighted by Gasteiger charge is -2.14. The number of nitrogens with zero attached hydrogens (tertiary/aromatic N) is 5. The maximum absolute atomic E-state index is 5.80. The number of imidazole rings is 1. The number of pyridine rings is 1. The summed E-state index contributed by atoms with van der Waals surface area (Å²) >= 11 is 0. The van der Waals surface area contributed by atoms with E-state index in [9.17, 15) is 0 Å². The molecule has 3 N–H and O–H groups in total. The van der Waals surface area contributed by atoms with Gasteiger partial charge in [-0.3, -0.25) is 4.98 Å². The fourth-order valence-electron chi connectivity index (χ4n) is 2.20. The minimum atomic E-state index is -0.00832. The van der Waals surface area contributed by atoms with Crippen LogP contribution < -0.4 is 11.1 Å². The fraction of sp³-hybridized carbons (Fsp3) is 0.286. The Balaban J connectivity index is 2.02. The number of nitrogens with two attached hydrogens (primary N) is 1. The molecular weight excluding hydrogens is 266 g/mol. The van der Waals surface area contributed by atoms with Gasteiger partial charge in [0.1, 0.15) is 5.82 Å². The first-order valence-electron chi connectivity index (χ1n) is 6.70. The van der Waals surface area contributed by atoms with Crippen LogP contribution in [0.5, 0.6) is 0 Å². The van der Waals surface area contributed by atoms with Gasteiger partial charge in [0.25, 0.3) is 0 Å². The zero-order chi connectivity index (χ0) is 15.0. The number of aromatic nitrogens is 5. The first kappa shape index (κ1) is 13.3. The van der Waals surface area contributed by atoms with Crippen molar-refractivity contribution in [3.63, 3.8) is 0 Å². The van der Waals surface area contributed by atoms with Crippen molar-refractivity contribution in [2.24, 2.45) is 7.05 Å².